The number of carbonyl (C=O) groups excluding carboxylic acids is 5. The molecule has 0 bridgehead atoms. The number of ether oxygens (including phenoxy) is 5. The normalized spacial score (nSPS) is 22.4. The van der Waals surface area contributed by atoms with Crippen LogP contribution in [0.2, 0.25) is 0 Å². The summed E-state index contributed by atoms with van der Waals surface area (Å²) in [7, 11) is 6.58. The molecule has 15 nitrogen and oxygen atoms in total. The minimum atomic E-state index is -1.47. The van der Waals surface area contributed by atoms with Crippen molar-refractivity contribution in [2.45, 2.75) is 143 Å². The molecule has 15 heteroatoms. The maximum absolute atomic E-state index is 14.3. The lowest BCUT2D eigenvalue weighted by atomic mass is 9.89. The van der Waals surface area contributed by atoms with Crippen LogP contribution in [0.3, 0.4) is 0 Å². The van der Waals surface area contributed by atoms with Crippen LogP contribution in [0.4, 0.5) is 0 Å². The van der Waals surface area contributed by atoms with E-state index >= 15 is 0 Å². The highest BCUT2D eigenvalue weighted by atomic mass is 16.7. The monoisotopic (exact) mass is 846 g/mol. The molecular formula is C45H75N5O10. The molecule has 10 atom stereocenters. The molecule has 340 valence electrons. The zero-order valence-corrected chi connectivity index (χ0v) is 38.5. The molecule has 1 heterocycles. The molecule has 1 aliphatic carbocycles. The van der Waals surface area contributed by atoms with Gasteiger partial charge in [-0.25, -0.2) is 0 Å². The minimum Gasteiger partial charge on any atom is -0.452 e. The van der Waals surface area contributed by atoms with Gasteiger partial charge in [-0.1, -0.05) is 73.1 Å². The second-order valence-electron chi connectivity index (χ2n) is 16.9. The molecule has 1 aliphatic heterocycles. The van der Waals surface area contributed by atoms with E-state index in [0.29, 0.717) is 38.3 Å². The number of carbonyl (C=O) groups is 5. The average Bonchev–Trinajstić information content (AvgIpc) is 3.49. The van der Waals surface area contributed by atoms with E-state index in [1.54, 1.807) is 58.0 Å². The van der Waals surface area contributed by atoms with E-state index in [1.165, 1.54) is 0 Å². The van der Waals surface area contributed by atoms with Crippen molar-refractivity contribution in [1.82, 2.24) is 25.8 Å². The maximum atomic E-state index is 14.3. The first-order valence-electron chi connectivity index (χ1n) is 21.9. The Labute approximate surface area is 358 Å². The number of hydrogen-bond acceptors (Lipinski definition) is 11. The van der Waals surface area contributed by atoms with E-state index in [4.69, 9.17) is 23.7 Å². The first kappa shape index (κ1) is 50.7. The Morgan fingerprint density at radius 3 is 2.17 bits per heavy atom. The fourth-order valence-electron chi connectivity index (χ4n) is 8.59. The van der Waals surface area contributed by atoms with Gasteiger partial charge < -0.3 is 49.4 Å². The third kappa shape index (κ3) is 12.0. The second kappa shape index (κ2) is 23.5. The highest BCUT2D eigenvalue weighted by Crippen LogP contribution is 2.41. The highest BCUT2D eigenvalue weighted by molar-refractivity contribution is 6.08. The fraction of sp³-hybridized carbons (Fsp3) is 0.756. The number of amides is 4. The molecule has 10 unspecified atom stereocenters. The number of benzene rings is 1. The number of methoxy groups -OCH3 is 2. The lowest BCUT2D eigenvalue weighted by molar-refractivity contribution is -0.148. The SMILES string of the molecule is CCOC1C(=O)C1(OCC)Oc1ccccc1CCNC(=O)C(C)C(OC)C1CCCN1C(=O)CC(OC)C(C(C)CC)N(C)C(=O)C(NC(=O)C(NC)C(C)C)C(C)C. The number of hydrogen-bond donors (Lipinski definition) is 3. The summed E-state index contributed by atoms with van der Waals surface area (Å²) in [6.07, 6.45) is 0.604. The first-order valence-corrected chi connectivity index (χ1v) is 21.9. The number of rotatable bonds is 26. The van der Waals surface area contributed by atoms with E-state index in [1.807, 2.05) is 66.7 Å². The molecular weight excluding hydrogens is 771 g/mol. The van der Waals surface area contributed by atoms with Crippen molar-refractivity contribution in [2.75, 3.05) is 54.6 Å². The number of nitrogens with one attached hydrogen (secondary N) is 3. The molecule has 3 rings (SSSR count). The molecule has 0 aromatic heterocycles. The second-order valence-corrected chi connectivity index (χ2v) is 16.9. The van der Waals surface area contributed by atoms with E-state index in [9.17, 15) is 24.0 Å². The summed E-state index contributed by atoms with van der Waals surface area (Å²) in [5.41, 5.74) is 0.795. The molecule has 4 amide bonds. The quantitative estimate of drug-likeness (QED) is 0.116. The molecule has 1 saturated carbocycles. The Hall–Kier alpha value is -3.63. The third-order valence-corrected chi connectivity index (χ3v) is 12.2. The molecule has 1 aromatic rings. The molecule has 0 spiro atoms. The molecule has 3 N–H and O–H groups in total. The van der Waals surface area contributed by atoms with Gasteiger partial charge in [-0.05, 0) is 69.5 Å². The van der Waals surface area contributed by atoms with E-state index in [0.717, 1.165) is 18.4 Å². The van der Waals surface area contributed by atoms with Crippen LogP contribution in [0.5, 0.6) is 5.75 Å². The summed E-state index contributed by atoms with van der Waals surface area (Å²) >= 11 is 0. The molecule has 1 saturated heterocycles. The van der Waals surface area contributed by atoms with Crippen LogP contribution in [0.25, 0.3) is 0 Å². The van der Waals surface area contributed by atoms with Gasteiger partial charge in [0.2, 0.25) is 29.4 Å². The number of ketones is 1. The summed E-state index contributed by atoms with van der Waals surface area (Å²) in [6.45, 7) is 18.6. The highest BCUT2D eigenvalue weighted by Gasteiger charge is 2.72. The zero-order valence-electron chi connectivity index (χ0n) is 38.5. The standard InChI is InChI=1S/C45H75N5O10/c1-14-29(8)38(49(11)44(55)37(28(6)7)48-43(54)36(46-10)27(4)5)34(56-12)26-35(51)50-25-19-21-32(50)39(57-13)30(9)42(53)47-24-23-31-20-17-18-22-33(31)60-45(59-16-3)40(52)41(45)58-15-2/h17-18,20,22,27-30,32,34,36-39,41,46H,14-16,19,21,23-26H2,1-13H3,(H,47,53)(H,48,54). The lowest BCUT2D eigenvalue weighted by Gasteiger charge is -2.41. The van der Waals surface area contributed by atoms with Crippen molar-refractivity contribution in [2.24, 2.45) is 23.7 Å². The van der Waals surface area contributed by atoms with Crippen LogP contribution >= 0.6 is 0 Å². The molecule has 2 fully saturated rings. The lowest BCUT2D eigenvalue weighted by Crippen LogP contribution is -2.59. The summed E-state index contributed by atoms with van der Waals surface area (Å²) < 4.78 is 29.5. The predicted molar refractivity (Wildman–Crippen MR) is 229 cm³/mol. The van der Waals surface area contributed by atoms with Gasteiger partial charge in [-0.3, -0.25) is 24.0 Å². The van der Waals surface area contributed by atoms with Gasteiger partial charge in [0.05, 0.1) is 42.7 Å². The number of likely N-dealkylation sites (N-methyl/N-ethyl adjacent to an activating group) is 2. The Kier molecular flexibility index (Phi) is 19.9. The van der Waals surface area contributed by atoms with Gasteiger partial charge in [0, 0.05) is 47.6 Å². The van der Waals surface area contributed by atoms with Crippen LogP contribution < -0.4 is 20.7 Å². The zero-order chi connectivity index (χ0) is 44.9. The van der Waals surface area contributed by atoms with Crippen LogP contribution in [-0.2, 0) is 49.3 Å². The van der Waals surface area contributed by atoms with Crippen molar-refractivity contribution >= 4 is 29.4 Å². The Bertz CT molecular complexity index is 1580. The largest absolute Gasteiger partial charge is 0.452 e. The van der Waals surface area contributed by atoms with E-state index < -0.39 is 48.1 Å². The van der Waals surface area contributed by atoms with Crippen molar-refractivity contribution in [3.63, 3.8) is 0 Å². The number of nitrogens with zero attached hydrogens (tertiary/aromatic N) is 2. The Morgan fingerprint density at radius 1 is 0.933 bits per heavy atom. The molecule has 60 heavy (non-hydrogen) atoms. The van der Waals surface area contributed by atoms with Gasteiger partial charge in [-0.15, -0.1) is 0 Å². The fourth-order valence-corrected chi connectivity index (χ4v) is 8.59. The number of likely N-dealkylation sites (tertiary alicyclic amines) is 1. The van der Waals surface area contributed by atoms with E-state index in [-0.39, 0.29) is 66.2 Å². The number of Topliss-reactive ketones (excluding diaryl/α,β-unsaturated/α-hetero) is 1. The summed E-state index contributed by atoms with van der Waals surface area (Å²) in [6, 6.07) is 5.31. The number of para-hydroxylation sites is 1. The molecule has 0 radical (unpaired) electrons. The van der Waals surface area contributed by atoms with Crippen molar-refractivity contribution in [3.8, 4) is 5.75 Å². The average molecular weight is 846 g/mol. The van der Waals surface area contributed by atoms with Gasteiger partial charge >= 0.3 is 5.79 Å². The maximum Gasteiger partial charge on any atom is 0.307 e. The Morgan fingerprint density at radius 2 is 1.60 bits per heavy atom. The Balaban J connectivity index is 1.70. The van der Waals surface area contributed by atoms with Crippen LogP contribution in [0.1, 0.15) is 93.6 Å². The topological polar surface area (TPSA) is 174 Å². The molecule has 2 aliphatic rings. The van der Waals surface area contributed by atoms with Crippen molar-refractivity contribution < 1.29 is 47.7 Å². The van der Waals surface area contributed by atoms with Gasteiger partial charge in [0.15, 0.2) is 6.10 Å². The van der Waals surface area contributed by atoms with Crippen LogP contribution in [0.15, 0.2) is 24.3 Å². The van der Waals surface area contributed by atoms with E-state index in [2.05, 4.69) is 16.0 Å². The van der Waals surface area contributed by atoms with Crippen molar-refractivity contribution in [3.05, 3.63) is 29.8 Å². The van der Waals surface area contributed by atoms with Gasteiger partial charge in [0.1, 0.15) is 11.8 Å². The van der Waals surface area contributed by atoms with Crippen molar-refractivity contribution in [1.29, 1.82) is 0 Å². The predicted octanol–water partition coefficient (Wildman–Crippen LogP) is 3.75. The summed E-state index contributed by atoms with van der Waals surface area (Å²) in [5, 5.41) is 9.08. The van der Waals surface area contributed by atoms with Crippen LogP contribution in [0, 0.1) is 23.7 Å². The smallest absolute Gasteiger partial charge is 0.307 e. The van der Waals surface area contributed by atoms with Crippen LogP contribution in [-0.4, -0.2) is 142 Å². The van der Waals surface area contributed by atoms with Gasteiger partial charge in [0.25, 0.3) is 0 Å². The molecule has 1 aromatic carbocycles. The first-order chi connectivity index (χ1) is 28.5. The summed E-state index contributed by atoms with van der Waals surface area (Å²) in [5.74, 6) is -2.87. The summed E-state index contributed by atoms with van der Waals surface area (Å²) in [4.78, 5) is 71.5. The minimum absolute atomic E-state index is 0.0213. The van der Waals surface area contributed by atoms with Gasteiger partial charge in [-0.2, -0.15) is 0 Å². The third-order valence-electron chi connectivity index (χ3n) is 12.2.